The quantitative estimate of drug-likeness (QED) is 0.0519. The third-order valence-corrected chi connectivity index (χ3v) is 14.4. The first-order chi connectivity index (χ1) is 36.2. The predicted octanol–water partition coefficient (Wildman–Crippen LogP) is 11.5. The molecule has 9 rings (SSSR count). The Morgan fingerprint density at radius 2 is 0.616 bits per heavy atom. The van der Waals surface area contributed by atoms with Crippen LogP contribution in [0, 0.1) is 0 Å². The van der Waals surface area contributed by atoms with E-state index in [0.29, 0.717) is 46.2 Å². The van der Waals surface area contributed by atoms with Gasteiger partial charge in [-0.1, -0.05) is 212 Å². The highest BCUT2D eigenvalue weighted by Crippen LogP contribution is 2.43. The summed E-state index contributed by atoms with van der Waals surface area (Å²) in [6.45, 7) is 2.81. The van der Waals surface area contributed by atoms with E-state index in [1.807, 2.05) is 127 Å². The molecule has 10 atom stereocenters. The lowest BCUT2D eigenvalue weighted by Gasteiger charge is -2.50. The molecule has 2 aliphatic rings. The van der Waals surface area contributed by atoms with Crippen LogP contribution in [0.3, 0.4) is 0 Å². The predicted molar refractivity (Wildman–Crippen MR) is 283 cm³/mol. The number of methoxy groups -OCH3 is 1. The van der Waals surface area contributed by atoms with Gasteiger partial charge in [0.2, 0.25) is 0 Å². The summed E-state index contributed by atoms with van der Waals surface area (Å²) in [5.74, 6) is 0. The number of thioether (sulfide) groups is 1. The van der Waals surface area contributed by atoms with Gasteiger partial charge in [-0.05, 0) is 38.9 Å². The van der Waals surface area contributed by atoms with E-state index in [1.165, 1.54) is 0 Å². The number of hydrogen-bond acceptors (Lipinski definition) is 11. The van der Waals surface area contributed by atoms with Gasteiger partial charge in [-0.3, -0.25) is 0 Å². The fourth-order valence-corrected chi connectivity index (χ4v) is 10.7. The number of benzene rings is 7. The Labute approximate surface area is 434 Å². The Balaban J connectivity index is 1.09. The van der Waals surface area contributed by atoms with Crippen molar-refractivity contribution in [1.29, 1.82) is 0 Å². The minimum Gasteiger partial charge on any atom is -0.374 e. The molecule has 10 nitrogen and oxygen atoms in total. The van der Waals surface area contributed by atoms with E-state index >= 15 is 0 Å². The molecule has 73 heavy (non-hydrogen) atoms. The summed E-state index contributed by atoms with van der Waals surface area (Å²) >= 11 is 1.55. The minimum absolute atomic E-state index is 0.217. The van der Waals surface area contributed by atoms with Crippen LogP contribution in [0.5, 0.6) is 0 Å². The van der Waals surface area contributed by atoms with Gasteiger partial charge in [-0.15, -0.1) is 11.8 Å². The average Bonchev–Trinajstić information content (AvgIpc) is 3.45. The summed E-state index contributed by atoms with van der Waals surface area (Å²) in [5, 5.41) is -0.518. The highest BCUT2D eigenvalue weighted by Gasteiger charge is 2.54. The first kappa shape index (κ1) is 52.4. The monoisotopic (exact) mass is 1000 g/mol. The van der Waals surface area contributed by atoms with Gasteiger partial charge in [-0.25, -0.2) is 0 Å². The van der Waals surface area contributed by atoms with Crippen LogP contribution in [-0.2, 0) is 93.6 Å². The number of hydrogen-bond donors (Lipinski definition) is 0. The van der Waals surface area contributed by atoms with E-state index < -0.39 is 59.7 Å². The Hall–Kier alpha value is -5.51. The van der Waals surface area contributed by atoms with Crippen LogP contribution in [-0.4, -0.2) is 80.0 Å². The number of ether oxygens (including phenoxy) is 10. The number of rotatable bonds is 26. The van der Waals surface area contributed by atoms with Crippen molar-refractivity contribution in [2.45, 2.75) is 106 Å². The van der Waals surface area contributed by atoms with Crippen LogP contribution in [0.2, 0.25) is 0 Å². The smallest absolute Gasteiger partial charge is 0.172 e. The Morgan fingerprint density at radius 1 is 0.329 bits per heavy atom. The molecule has 380 valence electrons. The zero-order valence-electron chi connectivity index (χ0n) is 41.3. The summed E-state index contributed by atoms with van der Waals surface area (Å²) < 4.78 is 69.2. The molecule has 2 saturated heterocycles. The maximum absolute atomic E-state index is 7.40. The second-order valence-corrected chi connectivity index (χ2v) is 19.5. The first-order valence-corrected chi connectivity index (χ1v) is 26.1. The van der Waals surface area contributed by atoms with Crippen molar-refractivity contribution in [1.82, 2.24) is 0 Å². The lowest BCUT2D eigenvalue weighted by Crippen LogP contribution is -2.63. The second kappa shape index (κ2) is 28.2. The molecule has 2 fully saturated rings. The van der Waals surface area contributed by atoms with E-state index in [9.17, 15) is 0 Å². The first-order valence-electron chi connectivity index (χ1n) is 25.2. The topological polar surface area (TPSA) is 92.3 Å². The summed E-state index contributed by atoms with van der Waals surface area (Å²) in [6.07, 6.45) is -5.07. The fourth-order valence-electron chi connectivity index (χ4n) is 9.15. The molecule has 7 aromatic carbocycles. The molecule has 0 spiro atoms. The lowest BCUT2D eigenvalue weighted by molar-refractivity contribution is -0.270. The van der Waals surface area contributed by atoms with E-state index in [2.05, 4.69) is 84.9 Å². The molecule has 0 bridgehead atoms. The zero-order chi connectivity index (χ0) is 49.7. The van der Waals surface area contributed by atoms with Gasteiger partial charge in [0.15, 0.2) is 6.29 Å². The van der Waals surface area contributed by atoms with Gasteiger partial charge in [-0.2, -0.15) is 0 Å². The molecule has 0 N–H and O–H groups in total. The fraction of sp³-hybridized carbons (Fsp3) is 0.323. The molecule has 0 aromatic heterocycles. The van der Waals surface area contributed by atoms with Crippen LogP contribution < -0.4 is 0 Å². The molecule has 0 aliphatic carbocycles. The third-order valence-electron chi connectivity index (χ3n) is 12.9. The van der Waals surface area contributed by atoms with Gasteiger partial charge < -0.3 is 47.4 Å². The van der Waals surface area contributed by atoms with Crippen molar-refractivity contribution in [3.05, 3.63) is 251 Å². The molecule has 2 aliphatic heterocycles. The lowest BCUT2D eigenvalue weighted by atomic mass is 9.98. The summed E-state index contributed by atoms with van der Waals surface area (Å²) in [4.78, 5) is 0. The Kier molecular flexibility index (Phi) is 20.3. The molecule has 7 aromatic rings. The molecule has 0 amide bonds. The van der Waals surface area contributed by atoms with Crippen LogP contribution >= 0.6 is 11.8 Å². The zero-order valence-corrected chi connectivity index (χ0v) is 42.2. The van der Waals surface area contributed by atoms with Crippen molar-refractivity contribution < 1.29 is 47.4 Å². The van der Waals surface area contributed by atoms with E-state index in [-0.39, 0.29) is 13.2 Å². The van der Waals surface area contributed by atoms with Gasteiger partial charge >= 0.3 is 0 Å². The maximum atomic E-state index is 7.40. The normalized spacial score (nSPS) is 24.0. The average molecular weight is 1000 g/mol. The summed E-state index contributed by atoms with van der Waals surface area (Å²) in [5.41, 5.74) is 6.53. The summed E-state index contributed by atoms with van der Waals surface area (Å²) in [7, 11) is 1.67. The maximum Gasteiger partial charge on any atom is 0.172 e. The van der Waals surface area contributed by atoms with Crippen molar-refractivity contribution in [2.24, 2.45) is 0 Å². The molecule has 0 radical (unpaired) electrons. The van der Waals surface area contributed by atoms with E-state index in [0.717, 1.165) is 38.9 Å². The Morgan fingerprint density at radius 3 is 0.973 bits per heavy atom. The van der Waals surface area contributed by atoms with Crippen molar-refractivity contribution in [3.8, 4) is 0 Å². The highest BCUT2D eigenvalue weighted by molar-refractivity contribution is 8.00. The molecular formula is C62H66O10S. The SMILES string of the molecule is CO[C@H]1O[C@H](COCc2ccccc2)[C@@H](OCc2ccccc2)[C@H](OCc2ccccc2)[C@H]1S[C@H]1O[C@H](COCc2ccccc2)[C@@H](OCc2ccccc2)[C@H](OCc2ccccc2)[C@H]1OCc1ccccc1. The van der Waals surface area contributed by atoms with Crippen LogP contribution in [0.4, 0.5) is 0 Å². The van der Waals surface area contributed by atoms with Crippen molar-refractivity contribution in [2.75, 3.05) is 20.3 Å². The highest BCUT2D eigenvalue weighted by atomic mass is 32.2. The van der Waals surface area contributed by atoms with Gasteiger partial charge in [0.05, 0.1) is 64.7 Å². The van der Waals surface area contributed by atoms with E-state index in [1.54, 1.807) is 18.9 Å². The Bertz CT molecular complexity index is 2570. The van der Waals surface area contributed by atoms with Crippen LogP contribution in [0.1, 0.15) is 38.9 Å². The van der Waals surface area contributed by atoms with Gasteiger partial charge in [0.1, 0.15) is 48.2 Å². The minimum atomic E-state index is -0.783. The molecular weight excluding hydrogens is 937 g/mol. The molecule has 2 heterocycles. The largest absolute Gasteiger partial charge is 0.374 e. The van der Waals surface area contributed by atoms with Crippen molar-refractivity contribution in [3.63, 3.8) is 0 Å². The van der Waals surface area contributed by atoms with Crippen LogP contribution in [0.15, 0.2) is 212 Å². The van der Waals surface area contributed by atoms with Gasteiger partial charge in [0, 0.05) is 7.11 Å². The summed E-state index contributed by atoms with van der Waals surface area (Å²) in [6, 6.07) is 71.1. The third kappa shape index (κ3) is 15.5. The molecule has 0 saturated carbocycles. The van der Waals surface area contributed by atoms with E-state index in [4.69, 9.17) is 47.4 Å². The van der Waals surface area contributed by atoms with Crippen molar-refractivity contribution >= 4 is 11.8 Å². The molecule has 0 unspecified atom stereocenters. The standard InChI is InChI=1S/C62H66O10S/c1-63-61-60(58(69-42-51-33-19-7-20-34-51)56(67-40-49-29-15-5-16-30-49)53(71-61)44-64-37-46-23-9-2-10-24-46)73-62-59(70-43-52-35-21-8-22-36-52)57(68-41-50-31-17-6-18-32-50)55(66-39-48-27-13-4-14-28-48)54(72-62)45-65-38-47-25-11-3-12-26-47/h2-36,53-62H,37-45H2,1H3/t53-,54-,55-,56-,57+,58+,59-,60-,61+,62-/m1/s1. The second-order valence-electron chi connectivity index (χ2n) is 18.2. The molecule has 11 heteroatoms. The van der Waals surface area contributed by atoms with Crippen LogP contribution in [0.25, 0.3) is 0 Å². The van der Waals surface area contributed by atoms with Gasteiger partial charge in [0.25, 0.3) is 0 Å².